The summed E-state index contributed by atoms with van der Waals surface area (Å²) in [5.41, 5.74) is 2.54. The summed E-state index contributed by atoms with van der Waals surface area (Å²) in [7, 11) is 0. The summed E-state index contributed by atoms with van der Waals surface area (Å²) in [5, 5.41) is 3.34. The number of hydrogen-bond donors (Lipinski definition) is 1. The third-order valence-electron chi connectivity index (χ3n) is 4.90. The lowest BCUT2D eigenvalue weighted by Gasteiger charge is -2.17. The van der Waals surface area contributed by atoms with Crippen molar-refractivity contribution >= 4 is 44.5 Å². The minimum Gasteiger partial charge on any atom is -0.342 e. The predicted octanol–water partition coefficient (Wildman–Crippen LogP) is 6.13. The van der Waals surface area contributed by atoms with E-state index in [1.165, 1.54) is 6.07 Å². The summed E-state index contributed by atoms with van der Waals surface area (Å²) >= 11 is 9.63. The number of imidazole rings is 1. The summed E-state index contributed by atoms with van der Waals surface area (Å²) in [4.78, 5) is 17.4. The molecule has 0 fully saturated rings. The molecule has 1 aromatic heterocycles. The molecule has 1 amide bonds. The Labute approximate surface area is 186 Å². The fraction of sp³-hybridized carbons (Fsp3) is 0.130. The second kappa shape index (κ2) is 8.58. The first-order valence-corrected chi connectivity index (χ1v) is 10.6. The summed E-state index contributed by atoms with van der Waals surface area (Å²) in [6.07, 6.45) is 0. The minimum atomic E-state index is -0.404. The Morgan fingerprint density at radius 3 is 2.60 bits per heavy atom. The van der Waals surface area contributed by atoms with Crippen LogP contribution in [0.2, 0.25) is 5.02 Å². The van der Waals surface area contributed by atoms with Crippen LogP contribution in [0, 0.1) is 5.82 Å². The van der Waals surface area contributed by atoms with Crippen molar-refractivity contribution in [3.63, 3.8) is 0 Å². The van der Waals surface area contributed by atoms with Gasteiger partial charge in [-0.05, 0) is 55.5 Å². The first-order chi connectivity index (χ1) is 14.4. The van der Waals surface area contributed by atoms with E-state index in [1.54, 1.807) is 24.3 Å². The number of carbonyl (C=O) groups is 1. The van der Waals surface area contributed by atoms with E-state index < -0.39 is 6.04 Å². The van der Waals surface area contributed by atoms with Crippen LogP contribution in [0.15, 0.2) is 71.2 Å². The number of carbonyl (C=O) groups excluding carboxylic acids is 1. The Balaban J connectivity index is 1.70. The van der Waals surface area contributed by atoms with Gasteiger partial charge < -0.3 is 9.88 Å². The molecule has 1 heterocycles. The van der Waals surface area contributed by atoms with Gasteiger partial charge in [-0.2, -0.15) is 0 Å². The molecule has 0 bridgehead atoms. The third kappa shape index (κ3) is 4.11. The van der Waals surface area contributed by atoms with Crippen molar-refractivity contribution in [1.82, 2.24) is 14.9 Å². The number of rotatable bonds is 5. The summed E-state index contributed by atoms with van der Waals surface area (Å²) in [6, 6.07) is 18.9. The largest absolute Gasteiger partial charge is 0.342 e. The van der Waals surface area contributed by atoms with Gasteiger partial charge >= 0.3 is 0 Å². The highest BCUT2D eigenvalue weighted by Crippen LogP contribution is 2.26. The monoisotopic (exact) mass is 485 g/mol. The van der Waals surface area contributed by atoms with Gasteiger partial charge in [0.25, 0.3) is 5.91 Å². The molecule has 4 aromatic rings. The van der Waals surface area contributed by atoms with Crippen molar-refractivity contribution in [3.8, 4) is 0 Å². The molecular formula is C23H18BrClFN3O. The zero-order chi connectivity index (χ0) is 21.3. The number of hydrogen-bond acceptors (Lipinski definition) is 2. The van der Waals surface area contributed by atoms with Crippen LogP contribution in [0.3, 0.4) is 0 Å². The van der Waals surface area contributed by atoms with Gasteiger partial charge in [0.2, 0.25) is 0 Å². The van der Waals surface area contributed by atoms with Gasteiger partial charge in [0.05, 0.1) is 23.6 Å². The van der Waals surface area contributed by atoms with E-state index in [4.69, 9.17) is 16.6 Å². The van der Waals surface area contributed by atoms with Crippen molar-refractivity contribution in [2.75, 3.05) is 0 Å². The van der Waals surface area contributed by atoms with Crippen LogP contribution in [-0.2, 0) is 6.54 Å². The van der Waals surface area contributed by atoms with Crippen LogP contribution in [0.4, 0.5) is 4.39 Å². The second-order valence-corrected chi connectivity index (χ2v) is 8.27. The quantitative estimate of drug-likeness (QED) is 0.369. The van der Waals surface area contributed by atoms with E-state index in [1.807, 2.05) is 47.9 Å². The van der Waals surface area contributed by atoms with Crippen LogP contribution < -0.4 is 5.32 Å². The van der Waals surface area contributed by atoms with Crippen LogP contribution >= 0.6 is 27.5 Å². The SMILES string of the molecule is CC(NC(=O)c1ccc(Br)cc1)c1nc2ccccc2n1Cc1c(F)cccc1Cl. The third-order valence-corrected chi connectivity index (χ3v) is 5.79. The molecule has 0 aliphatic carbocycles. The molecule has 30 heavy (non-hydrogen) atoms. The molecule has 1 atom stereocenters. The first kappa shape index (κ1) is 20.6. The molecule has 1 unspecified atom stereocenters. The van der Waals surface area contributed by atoms with Crippen LogP contribution in [-0.4, -0.2) is 15.5 Å². The van der Waals surface area contributed by atoms with Crippen LogP contribution in [0.5, 0.6) is 0 Å². The Bertz CT molecular complexity index is 1200. The summed E-state index contributed by atoms with van der Waals surface area (Å²) in [5.74, 6) is 0.0382. The Morgan fingerprint density at radius 2 is 1.87 bits per heavy atom. The number of halogens is 3. The van der Waals surface area contributed by atoms with Crippen LogP contribution in [0.25, 0.3) is 11.0 Å². The maximum absolute atomic E-state index is 14.4. The number of fused-ring (bicyclic) bond motifs is 1. The molecule has 4 nitrogen and oxygen atoms in total. The fourth-order valence-corrected chi connectivity index (χ4v) is 3.87. The molecule has 0 radical (unpaired) electrons. The van der Waals surface area contributed by atoms with E-state index in [-0.39, 0.29) is 18.3 Å². The molecule has 0 spiro atoms. The maximum atomic E-state index is 14.4. The highest BCUT2D eigenvalue weighted by Gasteiger charge is 2.20. The van der Waals surface area contributed by atoms with Gasteiger partial charge in [-0.25, -0.2) is 9.37 Å². The van der Waals surface area contributed by atoms with Gasteiger partial charge in [0.15, 0.2) is 0 Å². The molecule has 0 saturated carbocycles. The van der Waals surface area contributed by atoms with E-state index in [2.05, 4.69) is 21.2 Å². The van der Waals surface area contributed by atoms with Crippen molar-refractivity contribution in [3.05, 3.63) is 99.0 Å². The number of amides is 1. The van der Waals surface area contributed by atoms with Gasteiger partial charge in [-0.15, -0.1) is 0 Å². The van der Waals surface area contributed by atoms with Gasteiger partial charge in [-0.1, -0.05) is 45.7 Å². The standard InChI is InChI=1S/C23H18BrClFN3O/c1-14(27-23(30)15-9-11-16(24)12-10-15)22-28-20-7-2-3-8-21(20)29(22)13-17-18(25)5-4-6-19(17)26/h2-12,14H,13H2,1H3,(H,27,30). The minimum absolute atomic E-state index is 0.208. The highest BCUT2D eigenvalue weighted by atomic mass is 79.9. The van der Waals surface area contributed by atoms with Crippen molar-refractivity contribution in [2.45, 2.75) is 19.5 Å². The van der Waals surface area contributed by atoms with E-state index in [9.17, 15) is 9.18 Å². The molecule has 1 N–H and O–H groups in total. The van der Waals surface area contributed by atoms with Crippen molar-refractivity contribution in [1.29, 1.82) is 0 Å². The number of para-hydroxylation sites is 2. The molecule has 152 valence electrons. The molecule has 0 aliphatic rings. The van der Waals surface area contributed by atoms with Gasteiger partial charge in [0.1, 0.15) is 11.6 Å². The molecule has 7 heteroatoms. The smallest absolute Gasteiger partial charge is 0.251 e. The number of aromatic nitrogens is 2. The number of benzene rings is 3. The molecule has 0 aliphatic heterocycles. The molecular weight excluding hydrogens is 469 g/mol. The zero-order valence-electron chi connectivity index (χ0n) is 16.1. The highest BCUT2D eigenvalue weighted by molar-refractivity contribution is 9.10. The Morgan fingerprint density at radius 1 is 1.13 bits per heavy atom. The van der Waals surface area contributed by atoms with Crippen molar-refractivity contribution in [2.24, 2.45) is 0 Å². The lowest BCUT2D eigenvalue weighted by Crippen LogP contribution is -2.29. The summed E-state index contributed by atoms with van der Waals surface area (Å²) in [6.45, 7) is 2.07. The molecule has 4 rings (SSSR count). The number of nitrogens with zero attached hydrogens (tertiary/aromatic N) is 2. The van der Waals surface area contributed by atoms with E-state index in [0.29, 0.717) is 22.0 Å². The lowest BCUT2D eigenvalue weighted by atomic mass is 10.2. The van der Waals surface area contributed by atoms with E-state index >= 15 is 0 Å². The zero-order valence-corrected chi connectivity index (χ0v) is 18.4. The fourth-order valence-electron chi connectivity index (χ4n) is 3.38. The second-order valence-electron chi connectivity index (χ2n) is 6.95. The van der Waals surface area contributed by atoms with Gasteiger partial charge in [0, 0.05) is 20.6 Å². The Kier molecular flexibility index (Phi) is 5.88. The normalized spacial score (nSPS) is 12.1. The number of nitrogens with one attached hydrogen (secondary N) is 1. The van der Waals surface area contributed by atoms with E-state index in [0.717, 1.165) is 15.5 Å². The topological polar surface area (TPSA) is 46.9 Å². The van der Waals surface area contributed by atoms with Gasteiger partial charge in [-0.3, -0.25) is 4.79 Å². The maximum Gasteiger partial charge on any atom is 0.251 e. The molecule has 3 aromatic carbocycles. The van der Waals surface area contributed by atoms with Crippen LogP contribution in [0.1, 0.15) is 34.7 Å². The summed E-state index contributed by atoms with van der Waals surface area (Å²) < 4.78 is 17.2. The van der Waals surface area contributed by atoms with Crippen molar-refractivity contribution < 1.29 is 9.18 Å². The first-order valence-electron chi connectivity index (χ1n) is 9.38. The predicted molar refractivity (Wildman–Crippen MR) is 120 cm³/mol. The average molecular weight is 487 g/mol. The average Bonchev–Trinajstić information content (AvgIpc) is 3.10. The Hall–Kier alpha value is -2.70. The lowest BCUT2D eigenvalue weighted by molar-refractivity contribution is 0.0937. The molecule has 0 saturated heterocycles.